The van der Waals surface area contributed by atoms with Gasteiger partial charge in [-0.3, -0.25) is 4.98 Å². The fraction of sp³-hybridized carbons (Fsp3) is 0.269. The normalized spacial score (nSPS) is 22.8. The molecule has 0 radical (unpaired) electrons. The Morgan fingerprint density at radius 2 is 1.94 bits per heavy atom. The van der Waals surface area contributed by atoms with Crippen LogP contribution in [-0.4, -0.2) is 21.6 Å². The summed E-state index contributed by atoms with van der Waals surface area (Å²) in [6, 6.07) is 10.4. The quantitative estimate of drug-likeness (QED) is 0.398. The topological polar surface area (TPSA) is 60.9 Å². The minimum absolute atomic E-state index is 0.0226. The highest BCUT2D eigenvalue weighted by atomic mass is 19.1. The van der Waals surface area contributed by atoms with Crippen LogP contribution >= 0.6 is 0 Å². The minimum atomic E-state index is -0.445. The van der Waals surface area contributed by atoms with Crippen LogP contribution in [0.25, 0.3) is 32.9 Å². The molecule has 2 aromatic carbocycles. The number of phenolic OH excluding ortho intramolecular Hbond substituents is 1. The maximum atomic E-state index is 14.2. The van der Waals surface area contributed by atoms with Crippen LogP contribution in [0.5, 0.6) is 5.75 Å². The van der Waals surface area contributed by atoms with Gasteiger partial charge >= 0.3 is 0 Å². The largest absolute Gasteiger partial charge is 0.507 e. The van der Waals surface area contributed by atoms with Gasteiger partial charge in [0.05, 0.1) is 28.5 Å². The van der Waals surface area contributed by atoms with Gasteiger partial charge in [-0.2, -0.15) is 0 Å². The number of fused-ring (bicyclic) bond motifs is 5. The highest BCUT2D eigenvalue weighted by molar-refractivity contribution is 6.02. The monoisotopic (exact) mass is 411 g/mol. The number of hydrogen-bond acceptors (Lipinski definition) is 3. The van der Waals surface area contributed by atoms with Gasteiger partial charge in [0.25, 0.3) is 0 Å². The molecule has 0 spiro atoms. The number of terminal acetylenes is 1. The second-order valence-corrected chi connectivity index (χ2v) is 8.87. The molecule has 0 atom stereocenters. The van der Waals surface area contributed by atoms with Crippen molar-refractivity contribution in [2.75, 3.05) is 6.54 Å². The van der Waals surface area contributed by atoms with E-state index in [9.17, 15) is 9.50 Å². The van der Waals surface area contributed by atoms with E-state index in [2.05, 4.69) is 27.3 Å². The Kier molecular flexibility index (Phi) is 3.90. The molecule has 2 aromatic heterocycles. The van der Waals surface area contributed by atoms with Gasteiger partial charge in [0.15, 0.2) is 0 Å². The standard InChI is InChI=1S/C26H22FN3O/c1-2-17-18-4-6-23(31)25(19(18)3-5-20(17)27)21-11-16-12-24(30-22(16)14-28-21)26-9-7-15(8-10-26)13-29-26/h1,3-6,11-12,14-15,29-31H,7-10,13H2. The number of aromatic hydroxyl groups is 1. The molecule has 2 bridgehead atoms. The van der Waals surface area contributed by atoms with Crippen molar-refractivity contribution in [3.8, 4) is 29.4 Å². The molecule has 4 nitrogen and oxygen atoms in total. The molecule has 4 aromatic rings. The third kappa shape index (κ3) is 2.68. The summed E-state index contributed by atoms with van der Waals surface area (Å²) in [5, 5.41) is 16.7. The molecule has 7 rings (SSSR count). The molecule has 1 aliphatic carbocycles. The Morgan fingerprint density at radius 1 is 1.13 bits per heavy atom. The SMILES string of the molecule is C#Cc1c(F)ccc2c(-c3cc4cc(C56CCC(CC5)CN6)[nH]c4cn3)c(O)ccc12. The van der Waals surface area contributed by atoms with E-state index in [0.717, 1.165) is 36.2 Å². The summed E-state index contributed by atoms with van der Waals surface area (Å²) in [7, 11) is 0. The number of rotatable bonds is 2. The van der Waals surface area contributed by atoms with Crippen molar-refractivity contribution >= 4 is 21.7 Å². The van der Waals surface area contributed by atoms with E-state index in [-0.39, 0.29) is 16.9 Å². The molecule has 0 amide bonds. The summed E-state index contributed by atoms with van der Waals surface area (Å²) in [6.07, 6.45) is 12.2. The summed E-state index contributed by atoms with van der Waals surface area (Å²) in [5.74, 6) is 2.89. The van der Waals surface area contributed by atoms with Crippen molar-refractivity contribution in [3.63, 3.8) is 0 Å². The highest BCUT2D eigenvalue weighted by Crippen LogP contribution is 2.44. The lowest BCUT2D eigenvalue weighted by Crippen LogP contribution is -2.53. The summed E-state index contributed by atoms with van der Waals surface area (Å²) in [4.78, 5) is 8.20. The van der Waals surface area contributed by atoms with Crippen LogP contribution in [0.15, 0.2) is 42.6 Å². The number of aromatic amines is 1. The third-order valence-corrected chi connectivity index (χ3v) is 7.24. The Morgan fingerprint density at radius 3 is 2.68 bits per heavy atom. The number of H-pyrrole nitrogens is 1. The van der Waals surface area contributed by atoms with Gasteiger partial charge in [0, 0.05) is 22.0 Å². The molecule has 4 heterocycles. The number of halogens is 1. The average Bonchev–Trinajstić information content (AvgIpc) is 3.25. The van der Waals surface area contributed by atoms with Crippen LogP contribution in [0.4, 0.5) is 4.39 Å². The zero-order valence-corrected chi connectivity index (χ0v) is 17.0. The molecule has 1 saturated carbocycles. The summed E-state index contributed by atoms with van der Waals surface area (Å²) in [5.41, 5.74) is 3.59. The van der Waals surface area contributed by atoms with E-state index in [4.69, 9.17) is 6.42 Å². The highest BCUT2D eigenvalue weighted by Gasteiger charge is 2.42. The molecule has 2 aliphatic heterocycles. The van der Waals surface area contributed by atoms with Gasteiger partial charge in [0.2, 0.25) is 0 Å². The number of benzene rings is 2. The van der Waals surface area contributed by atoms with Gasteiger partial charge in [0.1, 0.15) is 11.6 Å². The van der Waals surface area contributed by atoms with Gasteiger partial charge in [-0.15, -0.1) is 6.42 Å². The number of hydrogen-bond donors (Lipinski definition) is 3. The molecule has 3 aliphatic rings. The Labute approximate surface area is 179 Å². The summed E-state index contributed by atoms with van der Waals surface area (Å²) >= 11 is 0. The maximum absolute atomic E-state index is 14.2. The van der Waals surface area contributed by atoms with Gasteiger partial charge in [-0.1, -0.05) is 12.0 Å². The van der Waals surface area contributed by atoms with Crippen molar-refractivity contribution in [2.45, 2.75) is 31.2 Å². The van der Waals surface area contributed by atoms with E-state index in [1.54, 1.807) is 18.2 Å². The molecule has 5 heteroatoms. The minimum Gasteiger partial charge on any atom is -0.507 e. The van der Waals surface area contributed by atoms with Crippen molar-refractivity contribution in [3.05, 3.63) is 59.7 Å². The number of piperidine rings is 2. The maximum Gasteiger partial charge on any atom is 0.139 e. The molecule has 3 fully saturated rings. The first kappa shape index (κ1) is 18.4. The Balaban J connectivity index is 1.51. The third-order valence-electron chi connectivity index (χ3n) is 7.24. The zero-order chi connectivity index (χ0) is 21.2. The van der Waals surface area contributed by atoms with Gasteiger partial charge in [-0.05, 0) is 73.9 Å². The van der Waals surface area contributed by atoms with Crippen molar-refractivity contribution < 1.29 is 9.50 Å². The Bertz CT molecular complexity index is 1380. The molecule has 3 N–H and O–H groups in total. The first-order valence-electron chi connectivity index (χ1n) is 10.7. The van der Waals surface area contributed by atoms with E-state index >= 15 is 0 Å². The van der Waals surface area contributed by atoms with E-state index < -0.39 is 5.82 Å². The second kappa shape index (κ2) is 6.57. The molecule has 2 saturated heterocycles. The van der Waals surface area contributed by atoms with E-state index in [1.807, 2.05) is 12.3 Å². The van der Waals surface area contributed by atoms with Gasteiger partial charge in [-0.25, -0.2) is 4.39 Å². The molecule has 0 unspecified atom stereocenters. The Hall–Kier alpha value is -3.36. The average molecular weight is 411 g/mol. The van der Waals surface area contributed by atoms with Crippen LogP contribution in [0.3, 0.4) is 0 Å². The van der Waals surface area contributed by atoms with Crippen LogP contribution in [0, 0.1) is 24.1 Å². The second-order valence-electron chi connectivity index (χ2n) is 8.87. The number of nitrogens with one attached hydrogen (secondary N) is 2. The lowest BCUT2D eigenvalue weighted by Gasteiger charge is -2.47. The number of aromatic nitrogens is 2. The fourth-order valence-corrected chi connectivity index (χ4v) is 5.47. The van der Waals surface area contributed by atoms with Crippen LogP contribution in [0.2, 0.25) is 0 Å². The van der Waals surface area contributed by atoms with Crippen molar-refractivity contribution in [2.24, 2.45) is 5.92 Å². The predicted octanol–water partition coefficient (Wildman–Crippen LogP) is 5.20. The number of pyridine rings is 1. The summed E-state index contributed by atoms with van der Waals surface area (Å²) < 4.78 is 14.2. The first-order valence-corrected chi connectivity index (χ1v) is 10.7. The molecule has 154 valence electrons. The lowest BCUT2D eigenvalue weighted by molar-refractivity contribution is 0.114. The van der Waals surface area contributed by atoms with Gasteiger partial charge < -0.3 is 15.4 Å². The molecular formula is C26H22FN3O. The lowest BCUT2D eigenvalue weighted by atomic mass is 9.70. The van der Waals surface area contributed by atoms with Crippen LogP contribution in [0.1, 0.15) is 36.9 Å². The predicted molar refractivity (Wildman–Crippen MR) is 120 cm³/mol. The van der Waals surface area contributed by atoms with E-state index in [0.29, 0.717) is 22.0 Å². The number of nitrogens with zero attached hydrogens (tertiary/aromatic N) is 1. The summed E-state index contributed by atoms with van der Waals surface area (Å²) in [6.45, 7) is 1.08. The van der Waals surface area contributed by atoms with Crippen LogP contribution < -0.4 is 5.32 Å². The van der Waals surface area contributed by atoms with E-state index in [1.165, 1.54) is 24.6 Å². The smallest absolute Gasteiger partial charge is 0.139 e. The fourth-order valence-electron chi connectivity index (χ4n) is 5.47. The van der Waals surface area contributed by atoms with Crippen molar-refractivity contribution in [1.82, 2.24) is 15.3 Å². The van der Waals surface area contributed by atoms with Crippen LogP contribution in [-0.2, 0) is 5.54 Å². The number of phenols is 1. The first-order chi connectivity index (χ1) is 15.1. The zero-order valence-electron chi connectivity index (χ0n) is 17.0. The molecule has 31 heavy (non-hydrogen) atoms. The molecular weight excluding hydrogens is 389 g/mol. The van der Waals surface area contributed by atoms with Crippen molar-refractivity contribution in [1.29, 1.82) is 0 Å².